The molecule has 1 N–H and O–H groups in total. The molecule has 0 heterocycles. The van der Waals surface area contributed by atoms with Crippen LogP contribution in [0.4, 0.5) is 0 Å². The van der Waals surface area contributed by atoms with Gasteiger partial charge < -0.3 is 4.74 Å². The Morgan fingerprint density at radius 1 is 1.44 bits per heavy atom. The summed E-state index contributed by atoms with van der Waals surface area (Å²) in [6.45, 7) is 1.62. The van der Waals surface area contributed by atoms with Crippen molar-refractivity contribution in [2.24, 2.45) is 0 Å². The maximum absolute atomic E-state index is 10.9. The van der Waals surface area contributed by atoms with E-state index < -0.39 is 23.0 Å². The normalized spacial score (nSPS) is 11.9. The van der Waals surface area contributed by atoms with Crippen LogP contribution in [0.15, 0.2) is 12.3 Å². The molecule has 0 aromatic rings. The van der Waals surface area contributed by atoms with Crippen LogP contribution in [0, 0.1) is 0 Å². The van der Waals surface area contributed by atoms with E-state index in [4.69, 9.17) is 4.55 Å². The second-order valence-electron chi connectivity index (χ2n) is 3.00. The minimum Gasteiger partial charge on any atom is -0.435 e. The average Bonchev–Trinajstić information content (AvgIpc) is 2.15. The van der Waals surface area contributed by atoms with E-state index in [0.29, 0.717) is 0 Å². The highest BCUT2D eigenvalue weighted by atomic mass is 32.3. The predicted octanol–water partition coefficient (Wildman–Crippen LogP) is 1.44. The van der Waals surface area contributed by atoms with Gasteiger partial charge >= 0.3 is 16.4 Å². The molecule has 16 heavy (non-hydrogen) atoms. The number of unbranched alkanes of at least 4 members (excludes halogenated alkanes) is 2. The largest absolute Gasteiger partial charge is 0.435 e. The van der Waals surface area contributed by atoms with Crippen molar-refractivity contribution >= 4 is 16.4 Å². The highest BCUT2D eigenvalue weighted by molar-refractivity contribution is 7.80. The first-order valence-corrected chi connectivity index (χ1v) is 6.28. The fourth-order valence-electron chi connectivity index (χ4n) is 0.803. The van der Waals surface area contributed by atoms with E-state index in [0.717, 1.165) is 19.3 Å². The van der Waals surface area contributed by atoms with Crippen molar-refractivity contribution in [1.29, 1.82) is 0 Å². The van der Waals surface area contributed by atoms with Gasteiger partial charge in [-0.2, -0.15) is 8.42 Å². The third-order valence-electron chi connectivity index (χ3n) is 1.56. The summed E-state index contributed by atoms with van der Waals surface area (Å²) >= 11 is 0. The van der Waals surface area contributed by atoms with Crippen LogP contribution in [-0.4, -0.2) is 25.5 Å². The Hall–Kier alpha value is -0.920. The summed E-state index contributed by atoms with van der Waals surface area (Å²) in [6.07, 6.45) is 5.64. The van der Waals surface area contributed by atoms with E-state index in [-0.39, 0.29) is 6.42 Å². The van der Waals surface area contributed by atoms with Crippen LogP contribution in [0.1, 0.15) is 32.6 Å². The van der Waals surface area contributed by atoms with Gasteiger partial charge in [-0.1, -0.05) is 13.3 Å². The molecule has 0 aromatic heterocycles. The SMILES string of the molecule is CCCCC=COC(=O)CCOS(=O)(=O)O. The molecule has 6 nitrogen and oxygen atoms in total. The molecule has 0 bridgehead atoms. The lowest BCUT2D eigenvalue weighted by Crippen LogP contribution is -2.09. The lowest BCUT2D eigenvalue weighted by atomic mass is 10.2. The van der Waals surface area contributed by atoms with Crippen molar-refractivity contribution in [3.63, 3.8) is 0 Å². The van der Waals surface area contributed by atoms with Crippen LogP contribution >= 0.6 is 0 Å². The van der Waals surface area contributed by atoms with Crippen molar-refractivity contribution < 1.29 is 26.7 Å². The summed E-state index contributed by atoms with van der Waals surface area (Å²) in [4.78, 5) is 10.9. The van der Waals surface area contributed by atoms with Gasteiger partial charge in [0.05, 0.1) is 19.3 Å². The molecule has 0 saturated heterocycles. The molecular formula is C9H16O6S. The van der Waals surface area contributed by atoms with Crippen LogP contribution < -0.4 is 0 Å². The molecule has 0 rings (SSSR count). The van der Waals surface area contributed by atoms with Gasteiger partial charge in [-0.05, 0) is 18.9 Å². The number of ether oxygens (including phenoxy) is 1. The van der Waals surface area contributed by atoms with Gasteiger partial charge in [-0.15, -0.1) is 0 Å². The summed E-state index contributed by atoms with van der Waals surface area (Å²) in [5.74, 6) is -0.614. The topological polar surface area (TPSA) is 89.9 Å². The van der Waals surface area contributed by atoms with Gasteiger partial charge in [0.1, 0.15) is 0 Å². The highest BCUT2D eigenvalue weighted by Gasteiger charge is 2.07. The third-order valence-corrected chi connectivity index (χ3v) is 2.02. The highest BCUT2D eigenvalue weighted by Crippen LogP contribution is 1.97. The number of esters is 1. The minimum absolute atomic E-state index is 0.238. The van der Waals surface area contributed by atoms with Crippen molar-refractivity contribution in [3.05, 3.63) is 12.3 Å². The molecule has 0 fully saturated rings. The average molecular weight is 252 g/mol. The smallest absolute Gasteiger partial charge is 0.397 e. The molecule has 0 spiro atoms. The molecule has 0 unspecified atom stereocenters. The van der Waals surface area contributed by atoms with Crippen LogP contribution in [0.2, 0.25) is 0 Å². The first-order chi connectivity index (χ1) is 7.45. The number of allylic oxidation sites excluding steroid dienone is 1. The number of rotatable bonds is 8. The monoisotopic (exact) mass is 252 g/mol. The maximum atomic E-state index is 10.9. The molecule has 0 radical (unpaired) electrons. The van der Waals surface area contributed by atoms with Crippen molar-refractivity contribution in [1.82, 2.24) is 0 Å². The van der Waals surface area contributed by atoms with Gasteiger partial charge in [0.2, 0.25) is 0 Å². The maximum Gasteiger partial charge on any atom is 0.397 e. The van der Waals surface area contributed by atoms with Gasteiger partial charge in [0.25, 0.3) is 0 Å². The molecule has 0 saturated carbocycles. The van der Waals surface area contributed by atoms with Gasteiger partial charge in [0, 0.05) is 0 Å². The van der Waals surface area contributed by atoms with Crippen molar-refractivity contribution in [2.75, 3.05) is 6.61 Å². The van der Waals surface area contributed by atoms with Crippen LogP contribution in [0.25, 0.3) is 0 Å². The zero-order valence-electron chi connectivity index (χ0n) is 9.09. The Balaban J connectivity index is 3.56. The quantitative estimate of drug-likeness (QED) is 0.304. The molecule has 94 valence electrons. The summed E-state index contributed by atoms with van der Waals surface area (Å²) in [5, 5.41) is 0. The number of hydrogen-bond donors (Lipinski definition) is 1. The van der Waals surface area contributed by atoms with Gasteiger partial charge in [-0.25, -0.2) is 4.18 Å². The molecule has 0 aliphatic heterocycles. The second kappa shape index (κ2) is 8.26. The fraction of sp³-hybridized carbons (Fsp3) is 0.667. The Bertz CT molecular complexity index is 319. The predicted molar refractivity (Wildman–Crippen MR) is 56.9 cm³/mol. The first kappa shape index (κ1) is 15.1. The summed E-state index contributed by atoms with van der Waals surface area (Å²) in [7, 11) is -4.48. The molecule has 0 aliphatic carbocycles. The van der Waals surface area contributed by atoms with E-state index in [9.17, 15) is 13.2 Å². The van der Waals surface area contributed by atoms with Crippen molar-refractivity contribution in [3.8, 4) is 0 Å². The molecule has 0 aromatic carbocycles. The van der Waals surface area contributed by atoms with Crippen LogP contribution in [0.5, 0.6) is 0 Å². The first-order valence-electron chi connectivity index (χ1n) is 4.92. The minimum atomic E-state index is -4.48. The van der Waals surface area contributed by atoms with Crippen LogP contribution in [0.3, 0.4) is 0 Å². The Labute approximate surface area is 95.2 Å². The standard InChI is InChI=1S/C9H16O6S/c1-2-3-4-5-7-14-9(10)6-8-15-16(11,12)13/h5,7H,2-4,6,8H2,1H3,(H,11,12,13). The molecule has 0 amide bonds. The Morgan fingerprint density at radius 2 is 2.12 bits per heavy atom. The summed E-state index contributed by atoms with van der Waals surface area (Å²) in [5.41, 5.74) is 0. The number of hydrogen-bond acceptors (Lipinski definition) is 5. The number of carbonyl (C=O) groups is 1. The van der Waals surface area contributed by atoms with Crippen LogP contribution in [-0.2, 0) is 24.1 Å². The molecule has 7 heteroatoms. The van der Waals surface area contributed by atoms with E-state index in [1.54, 1.807) is 6.08 Å². The van der Waals surface area contributed by atoms with E-state index in [2.05, 4.69) is 8.92 Å². The lowest BCUT2D eigenvalue weighted by molar-refractivity contribution is -0.138. The summed E-state index contributed by atoms with van der Waals surface area (Å²) in [6, 6.07) is 0. The molecule has 0 atom stereocenters. The Kier molecular flexibility index (Phi) is 7.78. The Morgan fingerprint density at radius 3 is 2.69 bits per heavy atom. The van der Waals surface area contributed by atoms with E-state index >= 15 is 0 Å². The molecule has 0 aliphatic rings. The van der Waals surface area contributed by atoms with Gasteiger partial charge in [0.15, 0.2) is 0 Å². The zero-order valence-corrected chi connectivity index (χ0v) is 9.90. The van der Waals surface area contributed by atoms with E-state index in [1.165, 1.54) is 6.26 Å². The second-order valence-corrected chi connectivity index (χ2v) is 4.09. The van der Waals surface area contributed by atoms with Crippen molar-refractivity contribution in [2.45, 2.75) is 32.6 Å². The summed E-state index contributed by atoms with van der Waals surface area (Å²) < 4.78 is 37.0. The number of carbonyl (C=O) groups excluding carboxylic acids is 1. The fourth-order valence-corrected chi connectivity index (χ4v) is 1.10. The molecular weight excluding hydrogens is 236 g/mol. The van der Waals surface area contributed by atoms with E-state index in [1.807, 2.05) is 6.92 Å². The van der Waals surface area contributed by atoms with Gasteiger partial charge in [-0.3, -0.25) is 9.35 Å². The lowest BCUT2D eigenvalue weighted by Gasteiger charge is -1.99. The zero-order chi connectivity index (χ0) is 12.4. The third kappa shape index (κ3) is 11.2.